The molecule has 0 saturated carbocycles. The molecule has 0 radical (unpaired) electrons. The molecular weight excluding hydrogens is 268 g/mol. The van der Waals surface area contributed by atoms with E-state index in [1.807, 2.05) is 6.92 Å². The maximum atomic E-state index is 11.1. The Bertz CT molecular complexity index is 522. The molecule has 9 nitrogen and oxygen atoms in total. The largest absolute Gasteiger partial charge is 0.483 e. The number of nitrogens with one attached hydrogen (secondary N) is 2. The molecule has 1 aromatic rings. The zero-order valence-electron chi connectivity index (χ0n) is 11.3. The highest BCUT2D eigenvalue weighted by atomic mass is 16.3. The van der Waals surface area contributed by atoms with Crippen molar-refractivity contribution in [2.45, 2.75) is 26.4 Å². The summed E-state index contributed by atoms with van der Waals surface area (Å²) < 4.78 is 0. The molecule has 0 fully saturated rings. The Labute approximate surface area is 114 Å². The van der Waals surface area contributed by atoms with Crippen LogP contribution in [0.4, 0.5) is 0 Å². The van der Waals surface area contributed by atoms with Gasteiger partial charge in [-0.3, -0.25) is 24.3 Å². The molecule has 1 aromatic heterocycles. The van der Waals surface area contributed by atoms with E-state index in [9.17, 15) is 14.4 Å². The Morgan fingerprint density at radius 1 is 1.50 bits per heavy atom. The van der Waals surface area contributed by atoms with E-state index >= 15 is 0 Å². The van der Waals surface area contributed by atoms with Gasteiger partial charge in [-0.05, 0) is 13.5 Å². The van der Waals surface area contributed by atoms with Crippen LogP contribution in [0.3, 0.4) is 0 Å². The molecule has 0 bridgehead atoms. The lowest BCUT2D eigenvalue weighted by Gasteiger charge is -2.24. The summed E-state index contributed by atoms with van der Waals surface area (Å²) in [6.07, 6.45) is 0. The number of amides is 1. The van der Waals surface area contributed by atoms with Crippen LogP contribution in [0.1, 0.15) is 19.5 Å². The van der Waals surface area contributed by atoms with Crippen molar-refractivity contribution < 1.29 is 14.7 Å². The molecule has 112 valence electrons. The van der Waals surface area contributed by atoms with E-state index in [4.69, 9.17) is 15.6 Å². The van der Waals surface area contributed by atoms with Gasteiger partial charge in [-0.2, -0.15) is 0 Å². The summed E-state index contributed by atoms with van der Waals surface area (Å²) >= 11 is 0. The molecule has 20 heavy (non-hydrogen) atoms. The number of carbonyl (C=O) groups is 2. The number of nitrogens with two attached hydrogens (primary N) is 1. The van der Waals surface area contributed by atoms with Crippen LogP contribution in [0.2, 0.25) is 0 Å². The first-order chi connectivity index (χ1) is 9.35. The van der Waals surface area contributed by atoms with Crippen molar-refractivity contribution in [2.24, 2.45) is 5.73 Å². The number of likely N-dealkylation sites (N-methyl/N-ethyl adjacent to an activating group) is 1. The third-order valence-electron chi connectivity index (χ3n) is 2.56. The first-order valence-electron chi connectivity index (χ1n) is 5.79. The van der Waals surface area contributed by atoms with Crippen LogP contribution < -0.4 is 17.0 Å². The molecule has 0 aliphatic rings. The summed E-state index contributed by atoms with van der Waals surface area (Å²) in [5, 5.41) is 6.89. The number of aromatic amines is 2. The van der Waals surface area contributed by atoms with E-state index in [0.29, 0.717) is 18.8 Å². The SMILES string of the molecule is CCN(Cc1cc(=O)[nH]c(=O)[nH]1)C(C)C(N)=O.O=CO. The predicted molar refractivity (Wildman–Crippen MR) is 71.1 cm³/mol. The molecule has 1 unspecified atom stereocenters. The fourth-order valence-corrected chi connectivity index (χ4v) is 1.53. The first-order valence-corrected chi connectivity index (χ1v) is 5.79. The van der Waals surface area contributed by atoms with Crippen molar-refractivity contribution in [3.63, 3.8) is 0 Å². The second-order valence-corrected chi connectivity index (χ2v) is 3.86. The number of hydrogen-bond donors (Lipinski definition) is 4. The number of carboxylic acid groups (broad SMARTS) is 1. The van der Waals surface area contributed by atoms with Gasteiger partial charge in [0.05, 0.1) is 6.04 Å². The Morgan fingerprint density at radius 3 is 2.45 bits per heavy atom. The van der Waals surface area contributed by atoms with Gasteiger partial charge in [0, 0.05) is 18.3 Å². The minimum atomic E-state index is -0.560. The smallest absolute Gasteiger partial charge is 0.325 e. The van der Waals surface area contributed by atoms with Crippen LogP contribution in [-0.2, 0) is 16.1 Å². The number of H-pyrrole nitrogens is 2. The Hall–Kier alpha value is -2.42. The van der Waals surface area contributed by atoms with Gasteiger partial charge in [0.15, 0.2) is 0 Å². The van der Waals surface area contributed by atoms with Crippen molar-refractivity contribution in [2.75, 3.05) is 6.54 Å². The lowest BCUT2D eigenvalue weighted by Crippen LogP contribution is -2.42. The van der Waals surface area contributed by atoms with Crippen LogP contribution in [0.25, 0.3) is 0 Å². The molecule has 5 N–H and O–H groups in total. The van der Waals surface area contributed by atoms with Gasteiger partial charge in [0.1, 0.15) is 0 Å². The van der Waals surface area contributed by atoms with Crippen LogP contribution in [0.5, 0.6) is 0 Å². The van der Waals surface area contributed by atoms with Crippen molar-refractivity contribution in [3.05, 3.63) is 32.6 Å². The molecule has 1 heterocycles. The molecule has 1 amide bonds. The molecule has 0 spiro atoms. The predicted octanol–water partition coefficient (Wildman–Crippen LogP) is -1.54. The highest BCUT2D eigenvalue weighted by molar-refractivity contribution is 5.79. The summed E-state index contributed by atoms with van der Waals surface area (Å²) in [4.78, 5) is 47.9. The van der Waals surface area contributed by atoms with Gasteiger partial charge in [0.2, 0.25) is 5.91 Å². The van der Waals surface area contributed by atoms with E-state index in [0.717, 1.165) is 0 Å². The standard InChI is InChI=1S/C10H16N4O3.CH2O2/c1-3-14(6(2)9(11)16)5-7-4-8(15)13-10(17)12-7;2-1-3/h4,6H,3,5H2,1-2H3,(H2,11,16)(H2,12,13,15,17);1H,(H,2,3). The van der Waals surface area contributed by atoms with Crippen LogP contribution >= 0.6 is 0 Å². The number of carbonyl (C=O) groups excluding carboxylic acids is 1. The molecule has 1 rings (SSSR count). The number of primary amides is 1. The molecule has 0 aliphatic heterocycles. The van der Waals surface area contributed by atoms with Gasteiger partial charge in [-0.1, -0.05) is 6.92 Å². The van der Waals surface area contributed by atoms with Crippen molar-refractivity contribution >= 4 is 12.4 Å². The number of rotatable bonds is 5. The maximum absolute atomic E-state index is 11.1. The zero-order chi connectivity index (χ0) is 15.7. The fraction of sp³-hybridized carbons (Fsp3) is 0.455. The monoisotopic (exact) mass is 286 g/mol. The van der Waals surface area contributed by atoms with Crippen LogP contribution in [0.15, 0.2) is 15.7 Å². The molecule has 9 heteroatoms. The maximum Gasteiger partial charge on any atom is 0.325 e. The molecule has 0 aromatic carbocycles. The van der Waals surface area contributed by atoms with Crippen LogP contribution in [-0.4, -0.2) is 44.9 Å². The summed E-state index contributed by atoms with van der Waals surface area (Å²) in [6.45, 7) is 4.17. The van der Waals surface area contributed by atoms with Gasteiger partial charge >= 0.3 is 5.69 Å². The van der Waals surface area contributed by atoms with Gasteiger partial charge in [-0.15, -0.1) is 0 Å². The van der Waals surface area contributed by atoms with Crippen molar-refractivity contribution in [1.29, 1.82) is 0 Å². The number of aromatic nitrogens is 2. The van der Waals surface area contributed by atoms with Gasteiger partial charge in [-0.25, -0.2) is 4.79 Å². The summed E-state index contributed by atoms with van der Waals surface area (Å²) in [5.41, 5.74) is 4.63. The third kappa shape index (κ3) is 5.96. The topological polar surface area (TPSA) is 149 Å². The molecular formula is C11H18N4O5. The average Bonchev–Trinajstić information content (AvgIpc) is 2.34. The van der Waals surface area contributed by atoms with Gasteiger partial charge < -0.3 is 15.8 Å². The van der Waals surface area contributed by atoms with Crippen molar-refractivity contribution in [3.8, 4) is 0 Å². The van der Waals surface area contributed by atoms with Crippen molar-refractivity contribution in [1.82, 2.24) is 14.9 Å². The van der Waals surface area contributed by atoms with Gasteiger partial charge in [0.25, 0.3) is 12.0 Å². The minimum Gasteiger partial charge on any atom is -0.483 e. The second-order valence-electron chi connectivity index (χ2n) is 3.86. The molecule has 1 atom stereocenters. The van der Waals surface area contributed by atoms with E-state index in [-0.39, 0.29) is 6.47 Å². The lowest BCUT2D eigenvalue weighted by molar-refractivity contribution is -0.123. The quantitative estimate of drug-likeness (QED) is 0.482. The Morgan fingerprint density at radius 2 is 2.05 bits per heavy atom. The summed E-state index contributed by atoms with van der Waals surface area (Å²) in [6, 6.07) is 0.834. The van der Waals surface area contributed by atoms with Crippen LogP contribution in [0, 0.1) is 0 Å². The highest BCUT2D eigenvalue weighted by Gasteiger charge is 2.17. The zero-order valence-corrected chi connectivity index (χ0v) is 11.3. The van der Waals surface area contributed by atoms with E-state index in [1.165, 1.54) is 6.07 Å². The Balaban J connectivity index is 0.00000110. The third-order valence-corrected chi connectivity index (χ3v) is 2.56. The normalized spacial score (nSPS) is 11.3. The molecule has 0 saturated heterocycles. The van der Waals surface area contributed by atoms with E-state index in [2.05, 4.69) is 9.97 Å². The average molecular weight is 286 g/mol. The molecule has 0 aliphatic carbocycles. The fourth-order valence-electron chi connectivity index (χ4n) is 1.53. The van der Waals surface area contributed by atoms with E-state index < -0.39 is 23.2 Å². The highest BCUT2D eigenvalue weighted by Crippen LogP contribution is 2.03. The number of hydrogen-bond acceptors (Lipinski definition) is 5. The number of nitrogens with zero attached hydrogens (tertiary/aromatic N) is 1. The summed E-state index contributed by atoms with van der Waals surface area (Å²) in [7, 11) is 0. The summed E-state index contributed by atoms with van der Waals surface area (Å²) in [5.74, 6) is -0.445. The van der Waals surface area contributed by atoms with E-state index in [1.54, 1.807) is 11.8 Å². The minimum absolute atomic E-state index is 0.250. The second kappa shape index (κ2) is 8.64. The Kier molecular flexibility index (Phi) is 7.60. The lowest BCUT2D eigenvalue weighted by atomic mass is 10.2. The first kappa shape index (κ1) is 17.6.